The Morgan fingerprint density at radius 1 is 0.966 bits per heavy atom. The van der Waals surface area contributed by atoms with E-state index in [1.807, 2.05) is 36.4 Å². The van der Waals surface area contributed by atoms with Crippen LogP contribution in [0.5, 0.6) is 11.5 Å². The molecule has 0 aliphatic carbocycles. The van der Waals surface area contributed by atoms with E-state index < -0.39 is 5.97 Å². The molecule has 0 saturated heterocycles. The van der Waals surface area contributed by atoms with E-state index in [1.54, 1.807) is 24.5 Å². The van der Waals surface area contributed by atoms with Gasteiger partial charge in [0, 0.05) is 16.5 Å². The second-order valence-electron chi connectivity index (χ2n) is 6.75. The van der Waals surface area contributed by atoms with Crippen LogP contribution in [0.1, 0.15) is 15.9 Å². The van der Waals surface area contributed by atoms with E-state index in [4.69, 9.17) is 18.6 Å². The lowest BCUT2D eigenvalue weighted by Gasteiger charge is -2.05. The van der Waals surface area contributed by atoms with Crippen molar-refractivity contribution in [1.29, 1.82) is 0 Å². The summed E-state index contributed by atoms with van der Waals surface area (Å²) in [7, 11) is 0. The summed E-state index contributed by atoms with van der Waals surface area (Å²) in [4.78, 5) is 24.7. The molecule has 0 bridgehead atoms. The zero-order valence-corrected chi connectivity index (χ0v) is 15.3. The molecule has 0 fully saturated rings. The highest BCUT2D eigenvalue weighted by molar-refractivity contribution is 6.08. The van der Waals surface area contributed by atoms with Gasteiger partial charge in [-0.15, -0.1) is 0 Å². The van der Waals surface area contributed by atoms with Gasteiger partial charge in [0.1, 0.15) is 5.58 Å². The summed E-state index contributed by atoms with van der Waals surface area (Å²) in [6.07, 6.45) is 1.59. The summed E-state index contributed by atoms with van der Waals surface area (Å²) >= 11 is 0. The normalized spacial score (nSPS) is 12.4. The summed E-state index contributed by atoms with van der Waals surface area (Å²) in [5.41, 5.74) is 1.85. The quantitative estimate of drug-likeness (QED) is 0.375. The van der Waals surface area contributed by atoms with Crippen LogP contribution in [0.15, 0.2) is 65.3 Å². The van der Waals surface area contributed by atoms with E-state index in [-0.39, 0.29) is 25.6 Å². The van der Waals surface area contributed by atoms with Gasteiger partial charge < -0.3 is 18.6 Å². The van der Waals surface area contributed by atoms with Gasteiger partial charge in [-0.2, -0.15) is 0 Å². The second-order valence-corrected chi connectivity index (χ2v) is 6.75. The first kappa shape index (κ1) is 17.3. The Labute approximate surface area is 165 Å². The lowest BCUT2D eigenvalue weighted by Crippen LogP contribution is -2.15. The predicted molar refractivity (Wildman–Crippen MR) is 105 cm³/mol. The maximum absolute atomic E-state index is 12.4. The molecule has 0 radical (unpaired) electrons. The second kappa shape index (κ2) is 6.98. The molecule has 0 spiro atoms. The third-order valence-electron chi connectivity index (χ3n) is 4.93. The topological polar surface area (TPSA) is 75.0 Å². The maximum atomic E-state index is 12.4. The number of esters is 1. The highest BCUT2D eigenvalue weighted by atomic mass is 16.7. The van der Waals surface area contributed by atoms with Gasteiger partial charge in [-0.3, -0.25) is 9.59 Å². The number of Topliss-reactive ketones (excluding diaryl/α,β-unsaturated/α-hetero) is 1. The van der Waals surface area contributed by atoms with Gasteiger partial charge in [-0.25, -0.2) is 0 Å². The average Bonchev–Trinajstić information content (AvgIpc) is 3.38. The molecule has 0 N–H and O–H groups in total. The van der Waals surface area contributed by atoms with Crippen molar-refractivity contribution in [2.75, 3.05) is 13.4 Å². The first-order valence-electron chi connectivity index (χ1n) is 9.15. The summed E-state index contributed by atoms with van der Waals surface area (Å²) < 4.78 is 21.3. The smallest absolute Gasteiger partial charge is 0.310 e. The number of carbonyl (C=O) groups excluding carboxylic acids is 2. The van der Waals surface area contributed by atoms with Gasteiger partial charge in [0.2, 0.25) is 6.79 Å². The van der Waals surface area contributed by atoms with E-state index in [9.17, 15) is 9.59 Å². The fourth-order valence-electron chi connectivity index (χ4n) is 3.51. The van der Waals surface area contributed by atoms with Crippen molar-refractivity contribution < 1.29 is 28.2 Å². The molecule has 0 atom stereocenters. The average molecular weight is 388 g/mol. The van der Waals surface area contributed by atoms with Crippen LogP contribution in [0.25, 0.3) is 21.7 Å². The Morgan fingerprint density at radius 3 is 2.76 bits per heavy atom. The molecule has 1 aliphatic heterocycles. The van der Waals surface area contributed by atoms with Crippen molar-refractivity contribution in [2.24, 2.45) is 0 Å². The van der Waals surface area contributed by atoms with Gasteiger partial charge in [0.15, 0.2) is 23.9 Å². The molecule has 144 valence electrons. The number of furan rings is 1. The van der Waals surface area contributed by atoms with Gasteiger partial charge in [0.05, 0.1) is 12.7 Å². The third-order valence-corrected chi connectivity index (χ3v) is 4.93. The molecule has 0 amide bonds. The van der Waals surface area contributed by atoms with Crippen LogP contribution in [0, 0.1) is 0 Å². The molecule has 1 aliphatic rings. The minimum atomic E-state index is -0.491. The lowest BCUT2D eigenvalue weighted by molar-refractivity contribution is -0.141. The number of ketones is 1. The Morgan fingerprint density at radius 2 is 1.83 bits per heavy atom. The van der Waals surface area contributed by atoms with Crippen molar-refractivity contribution in [3.8, 4) is 11.5 Å². The number of hydrogen-bond acceptors (Lipinski definition) is 6. The minimum absolute atomic E-state index is 0.0232. The van der Waals surface area contributed by atoms with Gasteiger partial charge in [0.25, 0.3) is 0 Å². The molecule has 29 heavy (non-hydrogen) atoms. The van der Waals surface area contributed by atoms with Crippen LogP contribution >= 0.6 is 0 Å². The van der Waals surface area contributed by atoms with Crippen molar-refractivity contribution in [3.63, 3.8) is 0 Å². The Balaban J connectivity index is 1.30. The Hall–Kier alpha value is -3.80. The first-order valence-corrected chi connectivity index (χ1v) is 9.15. The predicted octanol–water partition coefficient (Wildman–Crippen LogP) is 4.28. The highest BCUT2D eigenvalue weighted by Gasteiger charge is 2.18. The van der Waals surface area contributed by atoms with E-state index >= 15 is 0 Å². The highest BCUT2D eigenvalue weighted by Crippen LogP contribution is 2.33. The Kier molecular flexibility index (Phi) is 4.17. The molecule has 0 saturated carbocycles. The molecule has 6 heteroatoms. The summed E-state index contributed by atoms with van der Waals surface area (Å²) in [5, 5.41) is 2.97. The van der Waals surface area contributed by atoms with E-state index in [2.05, 4.69) is 0 Å². The van der Waals surface area contributed by atoms with E-state index in [0.717, 1.165) is 21.7 Å². The summed E-state index contributed by atoms with van der Waals surface area (Å²) in [6, 6.07) is 16.7. The number of hydrogen-bond donors (Lipinski definition) is 0. The van der Waals surface area contributed by atoms with Gasteiger partial charge in [-0.1, -0.05) is 30.3 Å². The number of rotatable bonds is 5. The maximum Gasteiger partial charge on any atom is 0.310 e. The van der Waals surface area contributed by atoms with Crippen LogP contribution in [0.2, 0.25) is 0 Å². The van der Waals surface area contributed by atoms with Crippen molar-refractivity contribution in [1.82, 2.24) is 0 Å². The molecule has 5 rings (SSSR count). The van der Waals surface area contributed by atoms with E-state index in [0.29, 0.717) is 22.6 Å². The van der Waals surface area contributed by atoms with Crippen LogP contribution in [-0.4, -0.2) is 25.2 Å². The SMILES string of the molecule is O=C(Cc1coc2ccc3ccccc3c12)OCC(=O)c1ccc2c(c1)OCO2. The number of ether oxygens (including phenoxy) is 3. The van der Waals surface area contributed by atoms with Crippen LogP contribution in [0.3, 0.4) is 0 Å². The van der Waals surface area contributed by atoms with Gasteiger partial charge >= 0.3 is 5.97 Å². The lowest BCUT2D eigenvalue weighted by atomic mass is 10.0. The standard InChI is InChI=1S/C23H16O6/c24-18(15-6-7-19-21(9-15)29-13-28-19)12-27-22(25)10-16-11-26-20-8-5-14-3-1-2-4-17(14)23(16)20/h1-9,11H,10,12-13H2. The van der Waals surface area contributed by atoms with E-state index in [1.165, 1.54) is 0 Å². The van der Waals surface area contributed by atoms with Crippen molar-refractivity contribution >= 4 is 33.5 Å². The molecular formula is C23H16O6. The van der Waals surface area contributed by atoms with Crippen LogP contribution in [0.4, 0.5) is 0 Å². The van der Waals surface area contributed by atoms with Crippen molar-refractivity contribution in [3.05, 3.63) is 72.0 Å². The van der Waals surface area contributed by atoms with Crippen LogP contribution in [-0.2, 0) is 16.0 Å². The molecule has 4 aromatic rings. The summed E-state index contributed by atoms with van der Waals surface area (Å²) in [6.45, 7) is -0.204. The molecule has 6 nitrogen and oxygen atoms in total. The first-order chi connectivity index (χ1) is 14.2. The molecule has 3 aromatic carbocycles. The number of fused-ring (bicyclic) bond motifs is 4. The molecule has 2 heterocycles. The zero-order valence-electron chi connectivity index (χ0n) is 15.3. The fourth-order valence-corrected chi connectivity index (χ4v) is 3.51. The Bertz CT molecular complexity index is 1250. The molecule has 0 unspecified atom stereocenters. The van der Waals surface area contributed by atoms with Crippen molar-refractivity contribution in [2.45, 2.75) is 6.42 Å². The van der Waals surface area contributed by atoms with Crippen LogP contribution < -0.4 is 9.47 Å². The molecule has 1 aromatic heterocycles. The molecular weight excluding hydrogens is 372 g/mol. The largest absolute Gasteiger partial charge is 0.464 e. The monoisotopic (exact) mass is 388 g/mol. The summed E-state index contributed by atoms with van der Waals surface area (Å²) in [5.74, 6) is 0.311. The fraction of sp³-hybridized carbons (Fsp3) is 0.130. The number of benzene rings is 3. The number of carbonyl (C=O) groups is 2. The third kappa shape index (κ3) is 3.18. The zero-order chi connectivity index (χ0) is 19.8. The van der Waals surface area contributed by atoms with Gasteiger partial charge in [-0.05, 0) is 35.0 Å². The minimum Gasteiger partial charge on any atom is -0.464 e.